The second-order valence-corrected chi connectivity index (χ2v) is 10.2. The number of aryl methyl sites for hydroxylation is 1. The maximum atomic E-state index is 13.1. The lowest BCUT2D eigenvalue weighted by Crippen LogP contribution is -2.36. The molecule has 180 valence electrons. The molecule has 1 aliphatic carbocycles. The number of fused-ring (bicyclic) bond motifs is 1. The van der Waals surface area contributed by atoms with Crippen molar-refractivity contribution >= 4 is 40.0 Å². The largest absolute Gasteiger partial charge is 0.538 e. The Morgan fingerprint density at radius 3 is 2.65 bits per heavy atom. The van der Waals surface area contributed by atoms with E-state index in [2.05, 4.69) is 10.6 Å². The molecule has 0 aliphatic heterocycles. The third-order valence-corrected chi connectivity index (χ3v) is 7.93. The maximum Gasteiger partial charge on any atom is 0.341 e. The van der Waals surface area contributed by atoms with Crippen LogP contribution >= 0.6 is 23.1 Å². The lowest BCUT2D eigenvalue weighted by atomic mass is 10.1. The summed E-state index contributed by atoms with van der Waals surface area (Å²) >= 11 is 2.46. The molecule has 0 radical (unpaired) electrons. The molecule has 1 aromatic carbocycles. The minimum atomic E-state index is -0.663. The van der Waals surface area contributed by atoms with Crippen LogP contribution in [0.2, 0.25) is 0 Å². The van der Waals surface area contributed by atoms with E-state index in [4.69, 9.17) is 14.0 Å². The van der Waals surface area contributed by atoms with Crippen LogP contribution in [0.5, 0.6) is 11.7 Å². The first-order chi connectivity index (χ1) is 16.4. The normalized spacial score (nSPS) is 14.1. The molecular formula is C23H25N3O6S2. The Bertz CT molecular complexity index is 1190. The predicted octanol–water partition coefficient (Wildman–Crippen LogP) is 3.27. The average molecular weight is 504 g/mol. The van der Waals surface area contributed by atoms with E-state index in [1.165, 1.54) is 23.1 Å². The fourth-order valence-corrected chi connectivity index (χ4v) is 5.96. The van der Waals surface area contributed by atoms with Gasteiger partial charge in [-0.05, 0) is 66.7 Å². The molecule has 9 nitrogen and oxygen atoms in total. The zero-order chi connectivity index (χ0) is 24.2. The highest BCUT2D eigenvalue weighted by atomic mass is 32.2. The molecule has 0 bridgehead atoms. The first kappa shape index (κ1) is 24.1. The monoisotopic (exact) mass is 503 g/mol. The maximum absolute atomic E-state index is 13.1. The molecular weight excluding hydrogens is 478 g/mol. The zero-order valence-corrected chi connectivity index (χ0v) is 20.7. The number of nitrogens with one attached hydrogen (secondary N) is 1. The molecule has 1 amide bonds. The van der Waals surface area contributed by atoms with Gasteiger partial charge in [0.2, 0.25) is 11.6 Å². The van der Waals surface area contributed by atoms with Crippen LogP contribution in [0.1, 0.15) is 47.0 Å². The standard InChI is InChI=1S/C23H25N3O6S2/c1-13(33-21-23(29)32-25-26(21)14-9-11-15(30-2)12-10-14)19(27)24-20-18(22(28)31-3)16-7-5-4-6-8-17(16)34-20/h9-13H,4-8H2,1-3H3,(H-,24,25,27,28,29). The Balaban J connectivity index is 1.55. The summed E-state index contributed by atoms with van der Waals surface area (Å²) in [6, 6.07) is 6.94. The van der Waals surface area contributed by atoms with E-state index < -0.39 is 17.2 Å². The van der Waals surface area contributed by atoms with Crippen LogP contribution in [0.4, 0.5) is 5.00 Å². The first-order valence-electron chi connectivity index (χ1n) is 10.9. The highest BCUT2D eigenvalue weighted by molar-refractivity contribution is 8.00. The Morgan fingerprint density at radius 1 is 1.21 bits per heavy atom. The van der Waals surface area contributed by atoms with Crippen molar-refractivity contribution in [2.45, 2.75) is 49.3 Å². The topological polar surface area (TPSA) is 118 Å². The Labute approximate surface area is 205 Å². The van der Waals surface area contributed by atoms with Gasteiger partial charge in [0.05, 0.1) is 30.3 Å². The number of amides is 1. The van der Waals surface area contributed by atoms with E-state index >= 15 is 0 Å². The van der Waals surface area contributed by atoms with Gasteiger partial charge in [0.15, 0.2) is 5.95 Å². The molecule has 1 N–H and O–H groups in total. The summed E-state index contributed by atoms with van der Waals surface area (Å²) in [5, 5.41) is 19.0. The molecule has 1 aliphatic rings. The van der Waals surface area contributed by atoms with E-state index in [-0.39, 0.29) is 10.9 Å². The van der Waals surface area contributed by atoms with Gasteiger partial charge >= 0.3 is 5.97 Å². The van der Waals surface area contributed by atoms with Gasteiger partial charge in [-0.3, -0.25) is 4.79 Å². The van der Waals surface area contributed by atoms with Crippen molar-refractivity contribution in [3.63, 3.8) is 0 Å². The quantitative estimate of drug-likeness (QED) is 0.226. The van der Waals surface area contributed by atoms with Crippen molar-refractivity contribution in [1.29, 1.82) is 0 Å². The Hall–Kier alpha value is -3.05. The highest BCUT2D eigenvalue weighted by Crippen LogP contribution is 2.38. The molecule has 11 heteroatoms. The van der Waals surface area contributed by atoms with Crippen LogP contribution in [-0.2, 0) is 22.4 Å². The molecule has 1 atom stereocenters. The Morgan fingerprint density at radius 2 is 1.94 bits per heavy atom. The van der Waals surface area contributed by atoms with Gasteiger partial charge < -0.3 is 24.4 Å². The number of hydrogen-bond acceptors (Lipinski definition) is 9. The van der Waals surface area contributed by atoms with Gasteiger partial charge in [-0.1, -0.05) is 6.42 Å². The minimum Gasteiger partial charge on any atom is -0.538 e. The molecule has 3 aromatic rings. The van der Waals surface area contributed by atoms with E-state index in [9.17, 15) is 14.7 Å². The Kier molecular flexibility index (Phi) is 7.42. The molecule has 2 aromatic heterocycles. The second kappa shape index (κ2) is 10.5. The summed E-state index contributed by atoms with van der Waals surface area (Å²) in [6.07, 6.45) is 4.84. The third-order valence-electron chi connectivity index (χ3n) is 5.59. The number of anilines is 1. The molecule has 0 saturated heterocycles. The van der Waals surface area contributed by atoms with Crippen molar-refractivity contribution in [3.05, 3.63) is 40.3 Å². The van der Waals surface area contributed by atoms with Crippen molar-refractivity contribution in [1.82, 2.24) is 5.27 Å². The number of rotatable bonds is 7. The number of benzene rings is 1. The van der Waals surface area contributed by atoms with Gasteiger partial charge in [0.1, 0.15) is 10.8 Å². The predicted molar refractivity (Wildman–Crippen MR) is 125 cm³/mol. The van der Waals surface area contributed by atoms with Crippen molar-refractivity contribution in [2.24, 2.45) is 0 Å². The van der Waals surface area contributed by atoms with Crippen LogP contribution in [-0.4, -0.2) is 36.6 Å². The van der Waals surface area contributed by atoms with Gasteiger partial charge in [-0.2, -0.15) is 0 Å². The van der Waals surface area contributed by atoms with E-state index in [1.807, 2.05) is 0 Å². The number of ether oxygens (including phenoxy) is 2. The highest BCUT2D eigenvalue weighted by Gasteiger charge is 2.30. The molecule has 34 heavy (non-hydrogen) atoms. The summed E-state index contributed by atoms with van der Waals surface area (Å²) in [4.78, 5) is 26.7. The number of carbonyl (C=O) groups is 2. The van der Waals surface area contributed by atoms with Gasteiger partial charge in [0.25, 0.3) is 5.03 Å². The summed E-state index contributed by atoms with van der Waals surface area (Å²) in [5.74, 6) is -0.770. The molecule has 0 spiro atoms. The van der Waals surface area contributed by atoms with E-state index in [1.54, 1.807) is 38.3 Å². The van der Waals surface area contributed by atoms with Crippen LogP contribution < -0.4 is 19.8 Å². The summed E-state index contributed by atoms with van der Waals surface area (Å²) < 4.78 is 16.4. The van der Waals surface area contributed by atoms with Gasteiger partial charge in [-0.15, -0.1) is 11.3 Å². The lowest BCUT2D eigenvalue weighted by molar-refractivity contribution is -0.705. The summed E-state index contributed by atoms with van der Waals surface area (Å²) in [5.41, 5.74) is 2.01. The first-order valence-corrected chi connectivity index (χ1v) is 12.6. The fraction of sp³-hybridized carbons (Fsp3) is 0.391. The van der Waals surface area contributed by atoms with Crippen LogP contribution in [0.25, 0.3) is 5.69 Å². The summed E-state index contributed by atoms with van der Waals surface area (Å²) in [7, 11) is 2.90. The van der Waals surface area contributed by atoms with Crippen molar-refractivity contribution in [2.75, 3.05) is 19.5 Å². The fourth-order valence-electron chi connectivity index (χ4n) is 3.81. The van der Waals surface area contributed by atoms with Crippen LogP contribution in [0.3, 0.4) is 0 Å². The number of carbonyl (C=O) groups excluding carboxylic acids is 2. The second-order valence-electron chi connectivity index (χ2n) is 7.78. The number of thioether (sulfide) groups is 1. The molecule has 1 unspecified atom stereocenters. The van der Waals surface area contributed by atoms with Crippen molar-refractivity contribution < 1.29 is 33.4 Å². The number of aromatic nitrogens is 2. The summed E-state index contributed by atoms with van der Waals surface area (Å²) in [6.45, 7) is 1.68. The SMILES string of the molecule is COC(=O)c1c(NC(=O)C(C)Sc2c([O-])on[n+]2-c2ccc(OC)cc2)sc2c1CCCCC2. The van der Waals surface area contributed by atoms with Crippen LogP contribution in [0.15, 0.2) is 33.8 Å². The van der Waals surface area contributed by atoms with E-state index in [0.29, 0.717) is 22.0 Å². The number of hydrogen-bond donors (Lipinski definition) is 1. The zero-order valence-electron chi connectivity index (χ0n) is 19.1. The minimum absolute atomic E-state index is 0.169. The smallest absolute Gasteiger partial charge is 0.341 e. The number of nitrogens with zero attached hydrogens (tertiary/aromatic N) is 2. The average Bonchev–Trinajstić information content (AvgIpc) is 3.28. The number of methoxy groups -OCH3 is 2. The number of thiophene rings is 1. The lowest BCUT2D eigenvalue weighted by Gasteiger charge is -2.11. The van der Waals surface area contributed by atoms with Gasteiger partial charge in [-0.25, -0.2) is 4.79 Å². The number of esters is 1. The van der Waals surface area contributed by atoms with Gasteiger partial charge in [0, 0.05) is 17.0 Å². The molecule has 0 fully saturated rings. The molecule has 2 heterocycles. The molecule has 0 saturated carbocycles. The van der Waals surface area contributed by atoms with E-state index in [0.717, 1.165) is 54.3 Å². The third kappa shape index (κ3) is 4.90. The van der Waals surface area contributed by atoms with Crippen molar-refractivity contribution in [3.8, 4) is 17.4 Å². The van der Waals surface area contributed by atoms with Crippen LogP contribution in [0, 0.1) is 0 Å². The molecule has 4 rings (SSSR count).